The van der Waals surface area contributed by atoms with Crippen LogP contribution < -0.4 is 0 Å². The van der Waals surface area contributed by atoms with Crippen molar-refractivity contribution in [1.29, 1.82) is 0 Å². The Morgan fingerprint density at radius 3 is 2.67 bits per heavy atom. The minimum absolute atomic E-state index is 0.116. The number of likely N-dealkylation sites (tertiary alicyclic amines) is 1. The molecule has 0 aromatic heterocycles. The molecule has 0 radical (unpaired) electrons. The van der Waals surface area contributed by atoms with E-state index >= 15 is 0 Å². The van der Waals surface area contributed by atoms with E-state index < -0.39 is 6.10 Å². The van der Waals surface area contributed by atoms with Crippen molar-refractivity contribution in [3.63, 3.8) is 0 Å². The van der Waals surface area contributed by atoms with Crippen molar-refractivity contribution >= 4 is 5.97 Å². The Kier molecular flexibility index (Phi) is 5.60. The highest BCUT2D eigenvalue weighted by Gasteiger charge is 2.14. The summed E-state index contributed by atoms with van der Waals surface area (Å²) in [5.41, 5.74) is 0. The molecule has 0 aromatic rings. The zero-order valence-corrected chi connectivity index (χ0v) is 8.89. The number of rotatable bonds is 6. The van der Waals surface area contributed by atoms with Gasteiger partial charge in [-0.05, 0) is 25.9 Å². The van der Waals surface area contributed by atoms with E-state index in [2.05, 4.69) is 4.90 Å². The Labute approximate surface area is 89.6 Å². The molecule has 88 valence electrons. The van der Waals surface area contributed by atoms with E-state index in [1.165, 1.54) is 12.8 Å². The second-order valence-corrected chi connectivity index (χ2v) is 3.82. The quantitative estimate of drug-likeness (QED) is 0.580. The highest BCUT2D eigenvalue weighted by atomic mass is 16.5. The average molecular weight is 217 g/mol. The molecule has 1 heterocycles. The van der Waals surface area contributed by atoms with E-state index in [1.807, 2.05) is 0 Å². The molecule has 1 saturated heterocycles. The van der Waals surface area contributed by atoms with Crippen molar-refractivity contribution in [3.05, 3.63) is 0 Å². The molecule has 0 amide bonds. The first-order valence-corrected chi connectivity index (χ1v) is 5.39. The standard InChI is InChI=1S/C10H19NO4/c12-7-9(13)8-15-10(14)3-6-11-4-1-2-5-11/h9,12-13H,1-8H2/t9-/m0/s1. The summed E-state index contributed by atoms with van der Waals surface area (Å²) >= 11 is 0. The van der Waals surface area contributed by atoms with Crippen LogP contribution in [0.4, 0.5) is 0 Å². The summed E-state index contributed by atoms with van der Waals surface area (Å²) in [6, 6.07) is 0. The molecule has 0 unspecified atom stereocenters. The number of ether oxygens (including phenoxy) is 1. The molecule has 1 fully saturated rings. The van der Waals surface area contributed by atoms with Gasteiger partial charge in [-0.25, -0.2) is 0 Å². The summed E-state index contributed by atoms with van der Waals surface area (Å²) in [7, 11) is 0. The third-order valence-corrected chi connectivity index (χ3v) is 2.48. The summed E-state index contributed by atoms with van der Waals surface area (Å²) < 4.78 is 4.78. The lowest BCUT2D eigenvalue weighted by molar-refractivity contribution is -0.147. The molecule has 0 bridgehead atoms. The third-order valence-electron chi connectivity index (χ3n) is 2.48. The molecule has 2 N–H and O–H groups in total. The van der Waals surface area contributed by atoms with Crippen LogP contribution in [0.5, 0.6) is 0 Å². The zero-order valence-electron chi connectivity index (χ0n) is 8.89. The summed E-state index contributed by atoms with van der Waals surface area (Å²) in [4.78, 5) is 13.4. The number of aliphatic hydroxyl groups excluding tert-OH is 2. The van der Waals surface area contributed by atoms with E-state index in [-0.39, 0.29) is 19.2 Å². The van der Waals surface area contributed by atoms with Crippen LogP contribution in [-0.4, -0.2) is 60.0 Å². The van der Waals surface area contributed by atoms with Crippen molar-refractivity contribution < 1.29 is 19.7 Å². The predicted molar refractivity (Wildman–Crippen MR) is 54.3 cm³/mol. The van der Waals surface area contributed by atoms with Crippen LogP contribution >= 0.6 is 0 Å². The number of hydrogen-bond donors (Lipinski definition) is 2. The van der Waals surface area contributed by atoms with Gasteiger partial charge in [-0.15, -0.1) is 0 Å². The first-order valence-electron chi connectivity index (χ1n) is 5.39. The lowest BCUT2D eigenvalue weighted by Crippen LogP contribution is -2.26. The Balaban J connectivity index is 2.02. The van der Waals surface area contributed by atoms with E-state index in [0.717, 1.165) is 19.6 Å². The number of esters is 1. The van der Waals surface area contributed by atoms with Gasteiger partial charge in [0, 0.05) is 6.54 Å². The maximum absolute atomic E-state index is 11.2. The third kappa shape index (κ3) is 5.11. The fourth-order valence-electron chi connectivity index (χ4n) is 1.57. The zero-order chi connectivity index (χ0) is 11.1. The average Bonchev–Trinajstić information content (AvgIpc) is 2.75. The fourth-order valence-corrected chi connectivity index (χ4v) is 1.57. The smallest absolute Gasteiger partial charge is 0.307 e. The first kappa shape index (κ1) is 12.4. The maximum Gasteiger partial charge on any atom is 0.307 e. The summed E-state index contributed by atoms with van der Waals surface area (Å²) in [6.07, 6.45) is 1.81. The van der Waals surface area contributed by atoms with Crippen LogP contribution in [0.25, 0.3) is 0 Å². The molecular formula is C10H19NO4. The Morgan fingerprint density at radius 1 is 1.40 bits per heavy atom. The van der Waals surface area contributed by atoms with Gasteiger partial charge in [-0.1, -0.05) is 0 Å². The number of aliphatic hydroxyl groups is 2. The van der Waals surface area contributed by atoms with Crippen LogP contribution in [0.2, 0.25) is 0 Å². The van der Waals surface area contributed by atoms with Gasteiger partial charge >= 0.3 is 5.97 Å². The molecule has 15 heavy (non-hydrogen) atoms. The Bertz CT molecular complexity index is 192. The van der Waals surface area contributed by atoms with Crippen molar-refractivity contribution in [2.45, 2.75) is 25.4 Å². The Hall–Kier alpha value is -0.650. The topological polar surface area (TPSA) is 70.0 Å². The highest BCUT2D eigenvalue weighted by molar-refractivity contribution is 5.69. The van der Waals surface area contributed by atoms with Crippen LogP contribution in [0, 0.1) is 0 Å². The normalized spacial score (nSPS) is 19.1. The van der Waals surface area contributed by atoms with Crippen LogP contribution in [0.1, 0.15) is 19.3 Å². The van der Waals surface area contributed by atoms with Gasteiger partial charge in [0.1, 0.15) is 12.7 Å². The van der Waals surface area contributed by atoms with Crippen LogP contribution in [-0.2, 0) is 9.53 Å². The van der Waals surface area contributed by atoms with E-state index in [9.17, 15) is 4.79 Å². The monoisotopic (exact) mass is 217 g/mol. The molecule has 5 heteroatoms. The molecule has 0 spiro atoms. The molecule has 0 aliphatic carbocycles. The molecule has 5 nitrogen and oxygen atoms in total. The van der Waals surface area contributed by atoms with Gasteiger partial charge in [0.15, 0.2) is 0 Å². The van der Waals surface area contributed by atoms with Crippen molar-refractivity contribution in [2.24, 2.45) is 0 Å². The first-order chi connectivity index (χ1) is 7.22. The summed E-state index contributed by atoms with van der Waals surface area (Å²) in [5, 5.41) is 17.4. The molecule has 1 rings (SSSR count). The van der Waals surface area contributed by atoms with Gasteiger partial charge in [-0.3, -0.25) is 4.79 Å². The number of nitrogens with zero attached hydrogens (tertiary/aromatic N) is 1. The number of hydrogen-bond acceptors (Lipinski definition) is 5. The number of carbonyl (C=O) groups is 1. The molecule has 0 saturated carbocycles. The Morgan fingerprint density at radius 2 is 2.07 bits per heavy atom. The van der Waals surface area contributed by atoms with Gasteiger partial charge in [0.05, 0.1) is 13.0 Å². The SMILES string of the molecule is O=C(CCN1CCCC1)OC[C@@H](O)CO. The van der Waals surface area contributed by atoms with E-state index in [1.54, 1.807) is 0 Å². The van der Waals surface area contributed by atoms with Gasteiger partial charge < -0.3 is 19.8 Å². The van der Waals surface area contributed by atoms with Crippen LogP contribution in [0.15, 0.2) is 0 Å². The van der Waals surface area contributed by atoms with Crippen molar-refractivity contribution in [3.8, 4) is 0 Å². The minimum atomic E-state index is -0.958. The van der Waals surface area contributed by atoms with E-state index in [0.29, 0.717) is 6.42 Å². The lowest BCUT2D eigenvalue weighted by atomic mass is 10.4. The maximum atomic E-state index is 11.2. The molecule has 0 aromatic carbocycles. The second-order valence-electron chi connectivity index (χ2n) is 3.82. The lowest BCUT2D eigenvalue weighted by Gasteiger charge is -2.14. The molecule has 1 atom stereocenters. The largest absolute Gasteiger partial charge is 0.463 e. The van der Waals surface area contributed by atoms with Crippen LogP contribution in [0.3, 0.4) is 0 Å². The molecular weight excluding hydrogens is 198 g/mol. The predicted octanol–water partition coefficient (Wildman–Crippen LogP) is -0.631. The van der Waals surface area contributed by atoms with Crippen molar-refractivity contribution in [2.75, 3.05) is 32.8 Å². The summed E-state index contributed by atoms with van der Waals surface area (Å²) in [6.45, 7) is 2.36. The van der Waals surface area contributed by atoms with Gasteiger partial charge in [-0.2, -0.15) is 0 Å². The van der Waals surface area contributed by atoms with Gasteiger partial charge in [0.2, 0.25) is 0 Å². The molecule has 1 aliphatic rings. The number of carbonyl (C=O) groups excluding carboxylic acids is 1. The minimum Gasteiger partial charge on any atom is -0.463 e. The van der Waals surface area contributed by atoms with Gasteiger partial charge in [0.25, 0.3) is 0 Å². The molecule has 1 aliphatic heterocycles. The second kappa shape index (κ2) is 6.76. The van der Waals surface area contributed by atoms with E-state index in [4.69, 9.17) is 14.9 Å². The highest BCUT2D eigenvalue weighted by Crippen LogP contribution is 2.07. The van der Waals surface area contributed by atoms with Crippen molar-refractivity contribution in [1.82, 2.24) is 4.90 Å². The fraction of sp³-hybridized carbons (Fsp3) is 0.900. The summed E-state index contributed by atoms with van der Waals surface area (Å²) in [5.74, 6) is -0.311.